The second-order valence-corrected chi connectivity index (χ2v) is 3.54. The van der Waals surface area contributed by atoms with Gasteiger partial charge in [0.05, 0.1) is 0 Å². The molecule has 0 saturated carbocycles. The quantitative estimate of drug-likeness (QED) is 0.469. The predicted octanol–water partition coefficient (Wildman–Crippen LogP) is -0.529. The average molecular weight is 238 g/mol. The van der Waals surface area contributed by atoms with Crippen LogP contribution in [0.5, 0.6) is 0 Å². The minimum Gasteiger partial charge on any atom is -0.479 e. The second kappa shape index (κ2) is 5.42. The summed E-state index contributed by atoms with van der Waals surface area (Å²) in [5.74, 6) is -2.55. The SMILES string of the molecule is NC[C@@](N)(C(=O)O)C(=O)OCc1ccccc1. The van der Waals surface area contributed by atoms with Crippen LogP contribution in [0.1, 0.15) is 5.56 Å². The Hall–Kier alpha value is -1.92. The van der Waals surface area contributed by atoms with E-state index in [1.54, 1.807) is 24.3 Å². The molecule has 0 aliphatic rings. The highest BCUT2D eigenvalue weighted by molar-refractivity contribution is 6.04. The number of carbonyl (C=O) groups excluding carboxylic acids is 1. The molecule has 6 heteroatoms. The van der Waals surface area contributed by atoms with Crippen LogP contribution >= 0.6 is 0 Å². The average Bonchev–Trinajstić information content (AvgIpc) is 2.35. The molecule has 0 unspecified atom stereocenters. The second-order valence-electron chi connectivity index (χ2n) is 3.54. The maximum Gasteiger partial charge on any atom is 0.339 e. The van der Waals surface area contributed by atoms with Crippen molar-refractivity contribution in [1.82, 2.24) is 0 Å². The summed E-state index contributed by atoms with van der Waals surface area (Å²) in [5, 5.41) is 8.79. The number of nitrogens with two attached hydrogens (primary N) is 2. The van der Waals surface area contributed by atoms with Crippen molar-refractivity contribution in [2.75, 3.05) is 6.54 Å². The van der Waals surface area contributed by atoms with E-state index in [0.717, 1.165) is 5.56 Å². The third-order valence-electron chi connectivity index (χ3n) is 2.28. The fourth-order valence-electron chi connectivity index (χ4n) is 1.11. The number of carboxylic acid groups (broad SMARTS) is 1. The lowest BCUT2D eigenvalue weighted by Crippen LogP contribution is -2.60. The number of aliphatic carboxylic acids is 1. The highest BCUT2D eigenvalue weighted by atomic mass is 16.5. The van der Waals surface area contributed by atoms with Gasteiger partial charge in [0.1, 0.15) is 6.61 Å². The molecule has 1 rings (SSSR count). The molecule has 6 nitrogen and oxygen atoms in total. The number of benzene rings is 1. The maximum atomic E-state index is 11.5. The summed E-state index contributed by atoms with van der Waals surface area (Å²) in [6, 6.07) is 8.86. The smallest absolute Gasteiger partial charge is 0.339 e. The topological polar surface area (TPSA) is 116 Å². The number of hydrogen-bond donors (Lipinski definition) is 3. The van der Waals surface area contributed by atoms with Gasteiger partial charge in [-0.25, -0.2) is 9.59 Å². The highest BCUT2D eigenvalue weighted by Crippen LogP contribution is 2.06. The molecule has 5 N–H and O–H groups in total. The first kappa shape index (κ1) is 13.1. The Kier molecular flexibility index (Phi) is 4.19. The van der Waals surface area contributed by atoms with E-state index in [-0.39, 0.29) is 6.61 Å². The number of hydrogen-bond acceptors (Lipinski definition) is 5. The van der Waals surface area contributed by atoms with E-state index < -0.39 is 24.0 Å². The van der Waals surface area contributed by atoms with E-state index in [2.05, 4.69) is 0 Å². The van der Waals surface area contributed by atoms with E-state index >= 15 is 0 Å². The zero-order valence-electron chi connectivity index (χ0n) is 9.13. The van der Waals surface area contributed by atoms with Gasteiger partial charge in [0, 0.05) is 6.54 Å². The van der Waals surface area contributed by atoms with Crippen molar-refractivity contribution in [3.8, 4) is 0 Å². The van der Waals surface area contributed by atoms with Gasteiger partial charge in [0.2, 0.25) is 5.54 Å². The molecule has 0 aliphatic carbocycles. The largest absolute Gasteiger partial charge is 0.479 e. The van der Waals surface area contributed by atoms with Gasteiger partial charge >= 0.3 is 11.9 Å². The van der Waals surface area contributed by atoms with Crippen molar-refractivity contribution in [1.29, 1.82) is 0 Å². The molecular weight excluding hydrogens is 224 g/mol. The van der Waals surface area contributed by atoms with Crippen LogP contribution < -0.4 is 11.5 Å². The molecule has 0 fully saturated rings. The summed E-state index contributed by atoms with van der Waals surface area (Å²) < 4.78 is 4.82. The van der Waals surface area contributed by atoms with E-state index in [0.29, 0.717) is 0 Å². The Morgan fingerprint density at radius 1 is 1.29 bits per heavy atom. The molecule has 92 valence electrons. The Balaban J connectivity index is 2.64. The lowest BCUT2D eigenvalue weighted by Gasteiger charge is -2.20. The standard InChI is InChI=1S/C11H14N2O4/c12-7-11(13,9(14)15)10(16)17-6-8-4-2-1-3-5-8/h1-5H,6-7,12-13H2,(H,14,15)/t11-/m1/s1. The van der Waals surface area contributed by atoms with Crippen molar-refractivity contribution >= 4 is 11.9 Å². The number of rotatable bonds is 5. The van der Waals surface area contributed by atoms with Crippen LogP contribution in [0.25, 0.3) is 0 Å². The Bertz CT molecular complexity index is 407. The lowest BCUT2D eigenvalue weighted by molar-refractivity contribution is -0.161. The monoisotopic (exact) mass is 238 g/mol. The zero-order valence-corrected chi connectivity index (χ0v) is 9.13. The van der Waals surface area contributed by atoms with Crippen LogP contribution in [-0.4, -0.2) is 29.1 Å². The molecule has 0 bridgehead atoms. The van der Waals surface area contributed by atoms with Gasteiger partial charge < -0.3 is 21.3 Å². The molecule has 0 radical (unpaired) electrons. The zero-order chi connectivity index (χ0) is 12.9. The number of carboxylic acids is 1. The van der Waals surface area contributed by atoms with Gasteiger partial charge in [0.25, 0.3) is 0 Å². The molecule has 1 aromatic carbocycles. The molecule has 0 spiro atoms. The number of ether oxygens (including phenoxy) is 1. The summed E-state index contributed by atoms with van der Waals surface area (Å²) in [6.45, 7) is -0.554. The van der Waals surface area contributed by atoms with Crippen LogP contribution in [0, 0.1) is 0 Å². The van der Waals surface area contributed by atoms with Gasteiger partial charge in [-0.05, 0) is 5.56 Å². The summed E-state index contributed by atoms with van der Waals surface area (Å²) in [5.41, 5.74) is 9.08. The molecule has 0 aliphatic heterocycles. The summed E-state index contributed by atoms with van der Waals surface area (Å²) in [6.07, 6.45) is 0. The van der Waals surface area contributed by atoms with Gasteiger partial charge in [0.15, 0.2) is 0 Å². The first-order valence-corrected chi connectivity index (χ1v) is 4.94. The van der Waals surface area contributed by atoms with Gasteiger partial charge in [-0.1, -0.05) is 30.3 Å². The lowest BCUT2D eigenvalue weighted by atomic mass is 10.0. The van der Waals surface area contributed by atoms with Crippen molar-refractivity contribution in [3.05, 3.63) is 35.9 Å². The Morgan fingerprint density at radius 3 is 2.35 bits per heavy atom. The van der Waals surface area contributed by atoms with Gasteiger partial charge in [-0.2, -0.15) is 0 Å². The Labute approximate surface area is 98.2 Å². The highest BCUT2D eigenvalue weighted by Gasteiger charge is 2.42. The first-order valence-electron chi connectivity index (χ1n) is 4.94. The predicted molar refractivity (Wildman–Crippen MR) is 59.8 cm³/mol. The van der Waals surface area contributed by atoms with E-state index in [4.69, 9.17) is 21.3 Å². The first-order chi connectivity index (χ1) is 8.00. The molecule has 0 heterocycles. The molecule has 17 heavy (non-hydrogen) atoms. The van der Waals surface area contributed by atoms with Gasteiger partial charge in [-0.3, -0.25) is 0 Å². The Morgan fingerprint density at radius 2 is 1.88 bits per heavy atom. The van der Waals surface area contributed by atoms with E-state index in [1.807, 2.05) is 6.07 Å². The maximum absolute atomic E-state index is 11.5. The molecule has 0 saturated heterocycles. The van der Waals surface area contributed by atoms with Crippen molar-refractivity contribution in [2.45, 2.75) is 12.1 Å². The number of esters is 1. The molecule has 0 amide bonds. The minimum atomic E-state index is -2.19. The normalized spacial score (nSPS) is 13.8. The van der Waals surface area contributed by atoms with Crippen LogP contribution in [0.2, 0.25) is 0 Å². The van der Waals surface area contributed by atoms with Gasteiger partial charge in [-0.15, -0.1) is 0 Å². The van der Waals surface area contributed by atoms with E-state index in [1.165, 1.54) is 0 Å². The van der Waals surface area contributed by atoms with Crippen LogP contribution in [0.4, 0.5) is 0 Å². The fourth-order valence-corrected chi connectivity index (χ4v) is 1.11. The summed E-state index contributed by atoms with van der Waals surface area (Å²) in [4.78, 5) is 22.3. The molecule has 1 aromatic rings. The third-order valence-corrected chi connectivity index (χ3v) is 2.28. The van der Waals surface area contributed by atoms with Crippen molar-refractivity contribution in [2.24, 2.45) is 11.5 Å². The fraction of sp³-hybridized carbons (Fsp3) is 0.273. The van der Waals surface area contributed by atoms with E-state index in [9.17, 15) is 9.59 Å². The molecule has 1 atom stereocenters. The van der Waals surface area contributed by atoms with Crippen LogP contribution in [0.15, 0.2) is 30.3 Å². The summed E-state index contributed by atoms with van der Waals surface area (Å²) in [7, 11) is 0. The van der Waals surface area contributed by atoms with Crippen LogP contribution in [-0.2, 0) is 20.9 Å². The summed E-state index contributed by atoms with van der Waals surface area (Å²) >= 11 is 0. The van der Waals surface area contributed by atoms with Crippen LogP contribution in [0.3, 0.4) is 0 Å². The minimum absolute atomic E-state index is 0.0358. The molecule has 0 aromatic heterocycles. The number of carbonyl (C=O) groups is 2. The molecular formula is C11H14N2O4. The van der Waals surface area contributed by atoms with Crippen molar-refractivity contribution < 1.29 is 19.4 Å². The third kappa shape index (κ3) is 3.02. The van der Waals surface area contributed by atoms with Crippen molar-refractivity contribution in [3.63, 3.8) is 0 Å².